The summed E-state index contributed by atoms with van der Waals surface area (Å²) in [5.41, 5.74) is 1.00. The summed E-state index contributed by atoms with van der Waals surface area (Å²) in [5.74, 6) is -0.275. The van der Waals surface area contributed by atoms with Crippen molar-refractivity contribution in [2.75, 3.05) is 26.7 Å². The molecule has 126 valence electrons. The quantitative estimate of drug-likeness (QED) is 0.886. The molecule has 0 radical (unpaired) electrons. The number of carbonyl (C=O) groups excluding carboxylic acids is 2. The molecule has 1 atom stereocenters. The van der Waals surface area contributed by atoms with Crippen molar-refractivity contribution < 1.29 is 14.3 Å². The maximum atomic E-state index is 11.8. The summed E-state index contributed by atoms with van der Waals surface area (Å²) in [7, 11) is 1.48. The van der Waals surface area contributed by atoms with E-state index < -0.39 is 6.03 Å². The molecule has 1 aromatic rings. The van der Waals surface area contributed by atoms with Gasteiger partial charge in [-0.05, 0) is 19.4 Å². The summed E-state index contributed by atoms with van der Waals surface area (Å²) in [5, 5.41) is 4.67. The monoisotopic (exact) mass is 319 g/mol. The lowest BCUT2D eigenvalue weighted by molar-refractivity contribution is -0.124. The van der Waals surface area contributed by atoms with Gasteiger partial charge in [0.05, 0.1) is 12.7 Å². The van der Waals surface area contributed by atoms with E-state index in [-0.39, 0.29) is 24.0 Å². The Kier molecular flexibility index (Phi) is 5.74. The molecule has 0 spiro atoms. The average molecular weight is 319 g/mol. The number of urea groups is 1. The number of carbonyl (C=O) groups is 2. The average Bonchev–Trinajstić information content (AvgIpc) is 2.54. The molecular formula is C17H25N3O3. The molecule has 2 N–H and O–H groups in total. The SMILES string of the molecule is CNC(=O)NC(=O)CCN1C[C@H](c2ccccc2)OCC1(C)C. The van der Waals surface area contributed by atoms with E-state index in [0.717, 1.165) is 12.1 Å². The maximum absolute atomic E-state index is 11.8. The van der Waals surface area contributed by atoms with Crippen LogP contribution < -0.4 is 10.6 Å². The van der Waals surface area contributed by atoms with E-state index in [4.69, 9.17) is 4.74 Å². The zero-order chi connectivity index (χ0) is 16.9. The molecule has 1 aliphatic rings. The van der Waals surface area contributed by atoms with E-state index in [1.807, 2.05) is 18.2 Å². The number of ether oxygens (including phenoxy) is 1. The van der Waals surface area contributed by atoms with Gasteiger partial charge in [-0.2, -0.15) is 0 Å². The van der Waals surface area contributed by atoms with E-state index in [1.54, 1.807) is 0 Å². The normalized spacial score (nSPS) is 20.7. The Morgan fingerprint density at radius 1 is 1.30 bits per heavy atom. The van der Waals surface area contributed by atoms with E-state index in [9.17, 15) is 9.59 Å². The summed E-state index contributed by atoms with van der Waals surface area (Å²) in [6.07, 6.45) is 0.282. The van der Waals surface area contributed by atoms with Gasteiger partial charge in [0.1, 0.15) is 0 Å². The highest BCUT2D eigenvalue weighted by atomic mass is 16.5. The van der Waals surface area contributed by atoms with Gasteiger partial charge in [0.25, 0.3) is 0 Å². The highest BCUT2D eigenvalue weighted by Crippen LogP contribution is 2.30. The fourth-order valence-corrected chi connectivity index (χ4v) is 2.65. The van der Waals surface area contributed by atoms with Crippen LogP contribution in [0.5, 0.6) is 0 Å². The smallest absolute Gasteiger partial charge is 0.321 e. The summed E-state index contributed by atoms with van der Waals surface area (Å²) < 4.78 is 5.99. The Morgan fingerprint density at radius 2 is 2.00 bits per heavy atom. The Hall–Kier alpha value is -1.92. The van der Waals surface area contributed by atoms with Crippen molar-refractivity contribution in [3.05, 3.63) is 35.9 Å². The van der Waals surface area contributed by atoms with E-state index >= 15 is 0 Å². The Labute approximate surface area is 137 Å². The molecule has 0 aromatic heterocycles. The van der Waals surface area contributed by atoms with E-state index in [0.29, 0.717) is 13.2 Å². The van der Waals surface area contributed by atoms with Crippen LogP contribution in [0.4, 0.5) is 4.79 Å². The standard InChI is InChI=1S/C17H25N3O3/c1-17(2)12-23-14(13-7-5-4-6-8-13)11-20(17)10-9-15(21)19-16(22)18-3/h4-8,14H,9-12H2,1-3H3,(H2,18,19,21,22)/t14-/m1/s1. The second-order valence-electron chi connectivity index (χ2n) is 6.35. The highest BCUT2D eigenvalue weighted by molar-refractivity contribution is 5.94. The predicted molar refractivity (Wildman–Crippen MR) is 88.0 cm³/mol. The van der Waals surface area contributed by atoms with Crippen molar-refractivity contribution in [1.82, 2.24) is 15.5 Å². The maximum Gasteiger partial charge on any atom is 0.321 e. The lowest BCUT2D eigenvalue weighted by atomic mass is 9.98. The second-order valence-corrected chi connectivity index (χ2v) is 6.35. The van der Waals surface area contributed by atoms with Crippen LogP contribution in [0, 0.1) is 0 Å². The molecule has 0 unspecified atom stereocenters. The molecular weight excluding hydrogens is 294 g/mol. The molecule has 1 heterocycles. The first-order chi connectivity index (χ1) is 10.9. The number of imide groups is 1. The zero-order valence-electron chi connectivity index (χ0n) is 14.0. The summed E-state index contributed by atoms with van der Waals surface area (Å²) in [4.78, 5) is 25.2. The van der Waals surface area contributed by atoms with Crippen LogP contribution in [0.15, 0.2) is 30.3 Å². The van der Waals surface area contributed by atoms with E-state index in [1.165, 1.54) is 7.05 Å². The third kappa shape index (κ3) is 4.77. The number of nitrogens with zero attached hydrogens (tertiary/aromatic N) is 1. The van der Waals surface area contributed by atoms with Gasteiger partial charge in [-0.25, -0.2) is 4.79 Å². The second kappa shape index (κ2) is 7.57. The van der Waals surface area contributed by atoms with Crippen LogP contribution in [0.3, 0.4) is 0 Å². The first kappa shape index (κ1) is 17.4. The molecule has 0 aliphatic carbocycles. The molecule has 3 amide bonds. The first-order valence-electron chi connectivity index (χ1n) is 7.85. The lowest BCUT2D eigenvalue weighted by Crippen LogP contribution is -2.54. The molecule has 2 rings (SSSR count). The van der Waals surface area contributed by atoms with Gasteiger partial charge in [0, 0.05) is 32.1 Å². The van der Waals surface area contributed by atoms with Gasteiger partial charge in [-0.3, -0.25) is 15.0 Å². The number of hydrogen-bond donors (Lipinski definition) is 2. The van der Waals surface area contributed by atoms with Crippen molar-refractivity contribution in [1.29, 1.82) is 0 Å². The van der Waals surface area contributed by atoms with Gasteiger partial charge in [0.15, 0.2) is 0 Å². The molecule has 0 bridgehead atoms. The minimum atomic E-state index is -0.474. The number of nitrogens with one attached hydrogen (secondary N) is 2. The van der Waals surface area contributed by atoms with Crippen LogP contribution in [0.25, 0.3) is 0 Å². The number of amides is 3. The molecule has 1 aromatic carbocycles. The Balaban J connectivity index is 1.95. The lowest BCUT2D eigenvalue weighted by Gasteiger charge is -2.45. The predicted octanol–water partition coefficient (Wildman–Crippen LogP) is 1.68. The Bertz CT molecular complexity index is 545. The minimum absolute atomic E-state index is 0.00577. The summed E-state index contributed by atoms with van der Waals surface area (Å²) in [6.45, 7) is 6.12. The first-order valence-corrected chi connectivity index (χ1v) is 7.85. The van der Waals surface area contributed by atoms with Crippen LogP contribution >= 0.6 is 0 Å². The summed E-state index contributed by atoms with van der Waals surface area (Å²) >= 11 is 0. The molecule has 6 heteroatoms. The molecule has 1 aliphatic heterocycles. The van der Waals surface area contributed by atoms with Gasteiger partial charge >= 0.3 is 6.03 Å². The van der Waals surface area contributed by atoms with E-state index in [2.05, 4.69) is 41.5 Å². The third-order valence-corrected chi connectivity index (χ3v) is 4.14. The highest BCUT2D eigenvalue weighted by Gasteiger charge is 2.35. The van der Waals surface area contributed by atoms with Gasteiger partial charge < -0.3 is 10.1 Å². The van der Waals surface area contributed by atoms with Crippen molar-refractivity contribution >= 4 is 11.9 Å². The van der Waals surface area contributed by atoms with Crippen molar-refractivity contribution in [3.8, 4) is 0 Å². The Morgan fingerprint density at radius 3 is 2.65 bits per heavy atom. The largest absolute Gasteiger partial charge is 0.370 e. The van der Waals surface area contributed by atoms with Gasteiger partial charge in [-0.15, -0.1) is 0 Å². The minimum Gasteiger partial charge on any atom is -0.370 e. The molecule has 0 saturated carbocycles. The molecule has 1 fully saturated rings. The van der Waals surface area contributed by atoms with Crippen molar-refractivity contribution in [2.45, 2.75) is 31.9 Å². The topological polar surface area (TPSA) is 70.7 Å². The number of benzene rings is 1. The van der Waals surface area contributed by atoms with Crippen LogP contribution in [-0.4, -0.2) is 49.1 Å². The fraction of sp³-hybridized carbons (Fsp3) is 0.529. The van der Waals surface area contributed by atoms with Crippen LogP contribution in [0.1, 0.15) is 31.9 Å². The zero-order valence-corrected chi connectivity index (χ0v) is 14.0. The third-order valence-electron chi connectivity index (χ3n) is 4.14. The van der Waals surface area contributed by atoms with Gasteiger partial charge in [0.2, 0.25) is 5.91 Å². The van der Waals surface area contributed by atoms with Crippen LogP contribution in [0.2, 0.25) is 0 Å². The van der Waals surface area contributed by atoms with Crippen molar-refractivity contribution in [2.24, 2.45) is 0 Å². The molecule has 23 heavy (non-hydrogen) atoms. The number of morpholine rings is 1. The number of rotatable bonds is 4. The molecule has 6 nitrogen and oxygen atoms in total. The van der Waals surface area contributed by atoms with Crippen LogP contribution in [-0.2, 0) is 9.53 Å². The fourth-order valence-electron chi connectivity index (χ4n) is 2.65. The molecule has 1 saturated heterocycles. The number of hydrogen-bond acceptors (Lipinski definition) is 4. The van der Waals surface area contributed by atoms with Gasteiger partial charge in [-0.1, -0.05) is 30.3 Å². The van der Waals surface area contributed by atoms with Crippen molar-refractivity contribution in [3.63, 3.8) is 0 Å². The summed E-state index contributed by atoms with van der Waals surface area (Å²) in [6, 6.07) is 9.62.